The van der Waals surface area contributed by atoms with Crippen LogP contribution in [0.2, 0.25) is 0 Å². The molecule has 0 saturated heterocycles. The standard InChI is InChI=1S/C11H13BrFNO2/c1-6(2)5-16-10-3-7(11(14)15)9(13)4-8(10)12/h3-4,6H,5H2,1-2H3,(H2,14,15). The Bertz CT molecular complexity index is 407. The Balaban J connectivity index is 3.00. The molecule has 1 amide bonds. The Morgan fingerprint density at radius 3 is 2.69 bits per heavy atom. The molecule has 0 atom stereocenters. The Kier molecular flexibility index (Phi) is 4.29. The molecule has 0 radical (unpaired) electrons. The van der Waals surface area contributed by atoms with Crippen LogP contribution in [-0.2, 0) is 0 Å². The molecule has 0 aliphatic carbocycles. The highest BCUT2D eigenvalue weighted by Crippen LogP contribution is 2.28. The molecule has 0 unspecified atom stereocenters. The maximum atomic E-state index is 13.3. The van der Waals surface area contributed by atoms with E-state index < -0.39 is 11.7 Å². The number of hydrogen-bond donors (Lipinski definition) is 1. The van der Waals surface area contributed by atoms with Crippen LogP contribution in [0.15, 0.2) is 16.6 Å². The van der Waals surface area contributed by atoms with Gasteiger partial charge in [-0.1, -0.05) is 13.8 Å². The van der Waals surface area contributed by atoms with Crippen molar-refractivity contribution < 1.29 is 13.9 Å². The van der Waals surface area contributed by atoms with Crippen LogP contribution in [0.4, 0.5) is 4.39 Å². The highest BCUT2D eigenvalue weighted by atomic mass is 79.9. The van der Waals surface area contributed by atoms with Gasteiger partial charge in [0.25, 0.3) is 5.91 Å². The van der Waals surface area contributed by atoms with Gasteiger partial charge in [-0.05, 0) is 34.0 Å². The number of carbonyl (C=O) groups excluding carboxylic acids is 1. The van der Waals surface area contributed by atoms with Gasteiger partial charge < -0.3 is 10.5 Å². The molecule has 2 N–H and O–H groups in total. The van der Waals surface area contributed by atoms with E-state index in [1.807, 2.05) is 13.8 Å². The van der Waals surface area contributed by atoms with E-state index in [1.165, 1.54) is 12.1 Å². The smallest absolute Gasteiger partial charge is 0.251 e. The molecule has 0 spiro atoms. The van der Waals surface area contributed by atoms with Gasteiger partial charge in [0.15, 0.2) is 0 Å². The quantitative estimate of drug-likeness (QED) is 0.927. The van der Waals surface area contributed by atoms with Crippen LogP contribution in [0.25, 0.3) is 0 Å². The predicted octanol–water partition coefficient (Wildman–Crippen LogP) is 2.72. The second kappa shape index (κ2) is 5.30. The Labute approximate surface area is 102 Å². The van der Waals surface area contributed by atoms with Crippen LogP contribution in [0.1, 0.15) is 24.2 Å². The van der Waals surface area contributed by atoms with Gasteiger partial charge in [-0.15, -0.1) is 0 Å². The minimum atomic E-state index is -0.806. The van der Waals surface area contributed by atoms with Crippen molar-refractivity contribution in [3.63, 3.8) is 0 Å². The molecular formula is C11H13BrFNO2. The first-order valence-corrected chi connectivity index (χ1v) is 5.62. The normalized spacial score (nSPS) is 10.6. The van der Waals surface area contributed by atoms with Crippen molar-refractivity contribution in [2.45, 2.75) is 13.8 Å². The average molecular weight is 290 g/mol. The summed E-state index contributed by atoms with van der Waals surface area (Å²) in [6.07, 6.45) is 0. The fourth-order valence-electron chi connectivity index (χ4n) is 1.09. The van der Waals surface area contributed by atoms with Gasteiger partial charge in [0.05, 0.1) is 16.6 Å². The lowest BCUT2D eigenvalue weighted by Crippen LogP contribution is -2.14. The van der Waals surface area contributed by atoms with Gasteiger partial charge in [-0.2, -0.15) is 0 Å². The Morgan fingerprint density at radius 1 is 1.56 bits per heavy atom. The summed E-state index contributed by atoms with van der Waals surface area (Å²) in [4.78, 5) is 10.9. The lowest BCUT2D eigenvalue weighted by molar-refractivity contribution is 0.0996. The summed E-state index contributed by atoms with van der Waals surface area (Å²) in [5.74, 6) is -0.700. The zero-order chi connectivity index (χ0) is 12.3. The van der Waals surface area contributed by atoms with E-state index in [2.05, 4.69) is 15.9 Å². The number of primary amides is 1. The first kappa shape index (κ1) is 13.0. The maximum absolute atomic E-state index is 13.3. The van der Waals surface area contributed by atoms with Crippen molar-refractivity contribution in [3.05, 3.63) is 28.0 Å². The molecule has 16 heavy (non-hydrogen) atoms. The van der Waals surface area contributed by atoms with Gasteiger partial charge in [-0.3, -0.25) is 4.79 Å². The summed E-state index contributed by atoms with van der Waals surface area (Å²) < 4.78 is 19.2. The van der Waals surface area contributed by atoms with Crippen LogP contribution >= 0.6 is 15.9 Å². The van der Waals surface area contributed by atoms with Gasteiger partial charge in [0, 0.05) is 0 Å². The SMILES string of the molecule is CC(C)COc1cc(C(N)=O)c(F)cc1Br. The second-order valence-electron chi connectivity index (χ2n) is 3.83. The van der Waals surface area contributed by atoms with Crippen molar-refractivity contribution in [2.75, 3.05) is 6.61 Å². The van der Waals surface area contributed by atoms with E-state index >= 15 is 0 Å². The fraction of sp³-hybridized carbons (Fsp3) is 0.364. The zero-order valence-electron chi connectivity index (χ0n) is 9.09. The average Bonchev–Trinajstić information content (AvgIpc) is 2.15. The van der Waals surface area contributed by atoms with Gasteiger partial charge in [-0.25, -0.2) is 4.39 Å². The fourth-order valence-corrected chi connectivity index (χ4v) is 1.51. The van der Waals surface area contributed by atoms with E-state index in [4.69, 9.17) is 10.5 Å². The summed E-state index contributed by atoms with van der Waals surface area (Å²) in [6.45, 7) is 4.47. The monoisotopic (exact) mass is 289 g/mol. The third-order valence-electron chi connectivity index (χ3n) is 1.86. The van der Waals surface area contributed by atoms with Gasteiger partial charge >= 0.3 is 0 Å². The van der Waals surface area contributed by atoms with Crippen LogP contribution in [0.5, 0.6) is 5.75 Å². The van der Waals surface area contributed by atoms with Crippen molar-refractivity contribution in [3.8, 4) is 5.75 Å². The van der Waals surface area contributed by atoms with Crippen molar-refractivity contribution in [1.82, 2.24) is 0 Å². The number of carbonyl (C=O) groups is 1. The minimum absolute atomic E-state index is 0.165. The van der Waals surface area contributed by atoms with E-state index in [-0.39, 0.29) is 5.56 Å². The molecule has 1 rings (SSSR count). The third-order valence-corrected chi connectivity index (χ3v) is 2.48. The lowest BCUT2D eigenvalue weighted by Gasteiger charge is -2.11. The van der Waals surface area contributed by atoms with E-state index in [9.17, 15) is 9.18 Å². The summed E-state index contributed by atoms with van der Waals surface area (Å²) in [6, 6.07) is 2.49. The molecule has 1 aromatic rings. The summed E-state index contributed by atoms with van der Waals surface area (Å²) >= 11 is 3.16. The van der Waals surface area contributed by atoms with Crippen LogP contribution in [0, 0.1) is 11.7 Å². The molecule has 1 aromatic carbocycles. The highest BCUT2D eigenvalue weighted by molar-refractivity contribution is 9.10. The molecule has 0 aliphatic rings. The van der Waals surface area contributed by atoms with Crippen LogP contribution in [-0.4, -0.2) is 12.5 Å². The maximum Gasteiger partial charge on any atom is 0.251 e. The molecule has 0 fully saturated rings. The number of ether oxygens (including phenoxy) is 1. The summed E-state index contributed by atoms with van der Waals surface area (Å²) in [5, 5.41) is 0. The molecule has 0 saturated carbocycles. The second-order valence-corrected chi connectivity index (χ2v) is 4.69. The van der Waals surface area contributed by atoms with Gasteiger partial charge in [0.1, 0.15) is 11.6 Å². The Morgan fingerprint density at radius 2 is 2.19 bits per heavy atom. The van der Waals surface area contributed by atoms with Crippen LogP contribution in [0.3, 0.4) is 0 Å². The molecule has 88 valence electrons. The van der Waals surface area contributed by atoms with Crippen molar-refractivity contribution in [2.24, 2.45) is 11.7 Å². The Hall–Kier alpha value is -1.10. The largest absolute Gasteiger partial charge is 0.492 e. The number of amides is 1. The third kappa shape index (κ3) is 3.20. The van der Waals surface area contributed by atoms with Crippen molar-refractivity contribution >= 4 is 21.8 Å². The van der Waals surface area contributed by atoms with E-state index in [0.29, 0.717) is 22.7 Å². The van der Waals surface area contributed by atoms with Gasteiger partial charge in [0.2, 0.25) is 0 Å². The topological polar surface area (TPSA) is 52.3 Å². The summed E-state index contributed by atoms with van der Waals surface area (Å²) in [7, 11) is 0. The van der Waals surface area contributed by atoms with E-state index in [1.54, 1.807) is 0 Å². The minimum Gasteiger partial charge on any atom is -0.492 e. The molecule has 0 aliphatic heterocycles. The lowest BCUT2D eigenvalue weighted by atomic mass is 10.2. The van der Waals surface area contributed by atoms with E-state index in [0.717, 1.165) is 0 Å². The number of benzene rings is 1. The number of nitrogens with two attached hydrogens (primary N) is 1. The molecule has 0 bridgehead atoms. The number of hydrogen-bond acceptors (Lipinski definition) is 2. The van der Waals surface area contributed by atoms with Crippen molar-refractivity contribution in [1.29, 1.82) is 0 Å². The molecule has 0 heterocycles. The first-order chi connectivity index (χ1) is 7.41. The first-order valence-electron chi connectivity index (χ1n) is 4.83. The van der Waals surface area contributed by atoms with Crippen LogP contribution < -0.4 is 10.5 Å². The summed E-state index contributed by atoms with van der Waals surface area (Å²) in [5.41, 5.74) is 4.87. The molecule has 5 heteroatoms. The molecule has 3 nitrogen and oxygen atoms in total. The molecular weight excluding hydrogens is 277 g/mol. The predicted molar refractivity (Wildman–Crippen MR) is 63.0 cm³/mol. The number of halogens is 2. The zero-order valence-corrected chi connectivity index (χ0v) is 10.7. The molecule has 0 aromatic heterocycles. The number of rotatable bonds is 4. The highest BCUT2D eigenvalue weighted by Gasteiger charge is 2.13.